The zero-order chi connectivity index (χ0) is 17.9. The van der Waals surface area contributed by atoms with Crippen molar-refractivity contribution in [1.82, 2.24) is 4.90 Å². The van der Waals surface area contributed by atoms with Crippen molar-refractivity contribution in [2.24, 2.45) is 0 Å². The maximum absolute atomic E-state index is 6.06. The normalized spacial score (nSPS) is 23.0. The average Bonchev–Trinajstić information content (AvgIpc) is 2.62. The lowest BCUT2D eigenvalue weighted by molar-refractivity contribution is -0.0403. The number of hydrogen-bond acceptors (Lipinski definition) is 3. The summed E-state index contributed by atoms with van der Waals surface area (Å²) in [5.74, 6) is 0.990. The van der Waals surface area contributed by atoms with Crippen LogP contribution in [-0.2, 0) is 11.3 Å². The molecule has 4 rings (SSSR count). The van der Waals surface area contributed by atoms with E-state index in [4.69, 9.17) is 9.47 Å². The second-order valence-corrected chi connectivity index (χ2v) is 7.48. The molecule has 0 aromatic heterocycles. The third-order valence-electron chi connectivity index (χ3n) is 5.15. The van der Waals surface area contributed by atoms with Crippen molar-refractivity contribution in [3.05, 3.63) is 71.8 Å². The van der Waals surface area contributed by atoms with Crippen LogP contribution in [0.4, 0.5) is 0 Å². The molecule has 2 bridgehead atoms. The van der Waals surface area contributed by atoms with E-state index in [1.165, 1.54) is 16.7 Å². The molecule has 2 aromatic carbocycles. The van der Waals surface area contributed by atoms with E-state index in [0.29, 0.717) is 12.1 Å². The van der Waals surface area contributed by atoms with Gasteiger partial charge in [0, 0.05) is 18.2 Å². The molecular formula is C23H27NO2. The zero-order valence-corrected chi connectivity index (χ0v) is 15.6. The summed E-state index contributed by atoms with van der Waals surface area (Å²) in [6.07, 6.45) is 3.57. The summed E-state index contributed by atoms with van der Waals surface area (Å²) in [6.45, 7) is 6.70. The number of nitrogens with zero attached hydrogens (tertiary/aromatic N) is 1. The van der Waals surface area contributed by atoms with Crippen LogP contribution in [0.3, 0.4) is 0 Å². The predicted octanol–water partition coefficient (Wildman–Crippen LogP) is 4.53. The molecule has 2 aliphatic heterocycles. The molecule has 3 heteroatoms. The van der Waals surface area contributed by atoms with Crippen LogP contribution in [0.15, 0.2) is 60.7 Å². The van der Waals surface area contributed by atoms with Gasteiger partial charge >= 0.3 is 0 Å². The van der Waals surface area contributed by atoms with Gasteiger partial charge in [-0.05, 0) is 37.5 Å². The van der Waals surface area contributed by atoms with Gasteiger partial charge in [-0.15, -0.1) is 0 Å². The van der Waals surface area contributed by atoms with E-state index in [2.05, 4.69) is 79.4 Å². The Kier molecular flexibility index (Phi) is 5.09. The topological polar surface area (TPSA) is 21.7 Å². The highest BCUT2D eigenvalue weighted by Crippen LogP contribution is 2.37. The first-order chi connectivity index (χ1) is 12.7. The van der Waals surface area contributed by atoms with Gasteiger partial charge in [0.05, 0.1) is 25.4 Å². The molecule has 1 fully saturated rings. The van der Waals surface area contributed by atoms with Crippen LogP contribution in [-0.4, -0.2) is 36.3 Å². The summed E-state index contributed by atoms with van der Waals surface area (Å²) < 4.78 is 11.9. The highest BCUT2D eigenvalue weighted by molar-refractivity contribution is 5.72. The monoisotopic (exact) mass is 349 g/mol. The third-order valence-corrected chi connectivity index (χ3v) is 5.15. The van der Waals surface area contributed by atoms with E-state index in [9.17, 15) is 0 Å². The molecule has 26 heavy (non-hydrogen) atoms. The molecule has 3 nitrogen and oxygen atoms in total. The zero-order valence-electron chi connectivity index (χ0n) is 15.6. The molecule has 0 N–H and O–H groups in total. The fourth-order valence-electron chi connectivity index (χ4n) is 3.99. The van der Waals surface area contributed by atoms with Gasteiger partial charge in [0.2, 0.25) is 0 Å². The fraction of sp³-hybridized carbons (Fsp3) is 0.391. The Morgan fingerprint density at radius 1 is 1.04 bits per heavy atom. The maximum Gasteiger partial charge on any atom is 0.127 e. The first kappa shape index (κ1) is 17.3. The van der Waals surface area contributed by atoms with Crippen LogP contribution < -0.4 is 4.74 Å². The van der Waals surface area contributed by atoms with E-state index in [0.717, 1.165) is 31.9 Å². The van der Waals surface area contributed by atoms with Crippen molar-refractivity contribution in [3.63, 3.8) is 0 Å². The van der Waals surface area contributed by atoms with E-state index in [1.807, 2.05) is 0 Å². The Labute approximate surface area is 156 Å². The van der Waals surface area contributed by atoms with Crippen molar-refractivity contribution in [3.8, 4) is 5.75 Å². The van der Waals surface area contributed by atoms with E-state index in [-0.39, 0.29) is 6.10 Å². The maximum atomic E-state index is 6.06. The van der Waals surface area contributed by atoms with Gasteiger partial charge in [0.15, 0.2) is 0 Å². The van der Waals surface area contributed by atoms with Crippen molar-refractivity contribution in [2.75, 3.05) is 13.2 Å². The number of fused-ring (bicyclic) bond motifs is 2. The van der Waals surface area contributed by atoms with Crippen LogP contribution >= 0.6 is 0 Å². The number of morpholine rings is 1. The molecule has 0 radical (unpaired) electrons. The number of rotatable bonds is 5. The van der Waals surface area contributed by atoms with Gasteiger partial charge in [-0.3, -0.25) is 4.90 Å². The smallest absolute Gasteiger partial charge is 0.127 e. The summed E-state index contributed by atoms with van der Waals surface area (Å²) in [5, 5.41) is 0. The van der Waals surface area contributed by atoms with Crippen LogP contribution in [0, 0.1) is 0 Å². The summed E-state index contributed by atoms with van der Waals surface area (Å²) in [4.78, 5) is 2.59. The number of benzene rings is 2. The molecule has 0 amide bonds. The van der Waals surface area contributed by atoms with Crippen molar-refractivity contribution in [2.45, 2.75) is 45.0 Å². The minimum absolute atomic E-state index is 0.178. The molecule has 2 aliphatic rings. The lowest BCUT2D eigenvalue weighted by Crippen LogP contribution is -2.53. The van der Waals surface area contributed by atoms with Gasteiger partial charge in [-0.2, -0.15) is 0 Å². The number of ether oxygens (including phenoxy) is 2. The minimum Gasteiger partial charge on any atom is -0.490 e. The molecular weight excluding hydrogens is 322 g/mol. The molecule has 1 saturated heterocycles. The Hall–Kier alpha value is -2.10. The number of para-hydroxylation sites is 1. The molecule has 2 atom stereocenters. The van der Waals surface area contributed by atoms with Crippen molar-refractivity contribution in [1.29, 1.82) is 0 Å². The quantitative estimate of drug-likeness (QED) is 0.791. The molecule has 0 aliphatic carbocycles. The largest absolute Gasteiger partial charge is 0.490 e. The highest BCUT2D eigenvalue weighted by atomic mass is 16.5. The summed E-state index contributed by atoms with van der Waals surface area (Å²) in [6, 6.07) is 19.9. The van der Waals surface area contributed by atoms with Gasteiger partial charge < -0.3 is 9.47 Å². The van der Waals surface area contributed by atoms with Crippen LogP contribution in [0.2, 0.25) is 0 Å². The summed E-state index contributed by atoms with van der Waals surface area (Å²) in [5.41, 5.74) is 3.99. The Balaban J connectivity index is 1.61. The van der Waals surface area contributed by atoms with Gasteiger partial charge in [0.1, 0.15) is 5.75 Å². The molecule has 0 spiro atoms. The SMILES string of the molecule is CC(C)Oc1ccccc1C1=CC2COCC(C1)N2Cc1ccccc1. The third kappa shape index (κ3) is 3.69. The second-order valence-electron chi connectivity index (χ2n) is 7.48. The van der Waals surface area contributed by atoms with E-state index in [1.54, 1.807) is 0 Å². The summed E-state index contributed by atoms with van der Waals surface area (Å²) in [7, 11) is 0. The van der Waals surface area contributed by atoms with Crippen molar-refractivity contribution < 1.29 is 9.47 Å². The van der Waals surface area contributed by atoms with Crippen molar-refractivity contribution >= 4 is 5.57 Å². The average molecular weight is 349 g/mol. The molecule has 2 aromatic rings. The van der Waals surface area contributed by atoms with E-state index >= 15 is 0 Å². The standard InChI is InChI=1S/C23H27NO2/c1-17(2)26-23-11-7-6-10-22(23)19-12-20-15-25-16-21(13-19)24(20)14-18-8-4-3-5-9-18/h3-12,17,20-21H,13-16H2,1-2H3. The molecule has 2 heterocycles. The van der Waals surface area contributed by atoms with Crippen LogP contribution in [0.1, 0.15) is 31.4 Å². The highest BCUT2D eigenvalue weighted by Gasteiger charge is 2.35. The first-order valence-electron chi connectivity index (χ1n) is 9.55. The fourth-order valence-corrected chi connectivity index (χ4v) is 3.99. The molecule has 2 unspecified atom stereocenters. The lowest BCUT2D eigenvalue weighted by Gasteiger charge is -2.45. The van der Waals surface area contributed by atoms with Gasteiger partial charge in [-0.1, -0.05) is 54.6 Å². The van der Waals surface area contributed by atoms with Crippen LogP contribution in [0.5, 0.6) is 5.75 Å². The minimum atomic E-state index is 0.178. The Morgan fingerprint density at radius 3 is 2.58 bits per heavy atom. The van der Waals surface area contributed by atoms with Gasteiger partial charge in [-0.25, -0.2) is 0 Å². The Morgan fingerprint density at radius 2 is 1.81 bits per heavy atom. The summed E-state index contributed by atoms with van der Waals surface area (Å²) >= 11 is 0. The second kappa shape index (κ2) is 7.65. The van der Waals surface area contributed by atoms with Crippen LogP contribution in [0.25, 0.3) is 5.57 Å². The Bertz CT molecular complexity index is 769. The number of hydrogen-bond donors (Lipinski definition) is 0. The van der Waals surface area contributed by atoms with E-state index < -0.39 is 0 Å². The molecule has 136 valence electrons. The lowest BCUT2D eigenvalue weighted by atomic mass is 9.89. The predicted molar refractivity (Wildman–Crippen MR) is 105 cm³/mol. The van der Waals surface area contributed by atoms with Gasteiger partial charge in [0.25, 0.3) is 0 Å². The first-order valence-corrected chi connectivity index (χ1v) is 9.55. The molecule has 0 saturated carbocycles.